The quantitative estimate of drug-likeness (QED) is 0.696. The third-order valence-corrected chi connectivity index (χ3v) is 4.02. The predicted molar refractivity (Wildman–Crippen MR) is 80.9 cm³/mol. The first kappa shape index (κ1) is 14.9. The molecule has 2 rings (SSSR count). The molecule has 5 heteroatoms. The highest BCUT2D eigenvalue weighted by atomic mass is 79.9. The number of benzene rings is 2. The largest absolute Gasteiger partial charge is 0.292 e. The SMILES string of the molecule is N#CC(C(=O)c1ccc(Br)cc1F)c1ccccc1Br. The van der Waals surface area contributed by atoms with Gasteiger partial charge >= 0.3 is 0 Å². The minimum Gasteiger partial charge on any atom is -0.292 e. The van der Waals surface area contributed by atoms with Crippen molar-refractivity contribution in [1.82, 2.24) is 0 Å². The summed E-state index contributed by atoms with van der Waals surface area (Å²) in [5.74, 6) is -2.23. The van der Waals surface area contributed by atoms with Crippen LogP contribution in [0.15, 0.2) is 51.4 Å². The Morgan fingerprint density at radius 1 is 1.20 bits per heavy atom. The second-order valence-electron chi connectivity index (χ2n) is 4.07. The van der Waals surface area contributed by atoms with Gasteiger partial charge in [-0.1, -0.05) is 50.1 Å². The van der Waals surface area contributed by atoms with Gasteiger partial charge in [0.25, 0.3) is 0 Å². The van der Waals surface area contributed by atoms with Crippen molar-refractivity contribution in [3.8, 4) is 6.07 Å². The first-order valence-corrected chi connectivity index (χ1v) is 7.26. The van der Waals surface area contributed by atoms with E-state index in [-0.39, 0.29) is 5.56 Å². The number of rotatable bonds is 3. The first-order chi connectivity index (χ1) is 9.54. The molecule has 0 saturated heterocycles. The average molecular weight is 397 g/mol. The van der Waals surface area contributed by atoms with Gasteiger partial charge < -0.3 is 0 Å². The second kappa shape index (κ2) is 6.29. The Bertz CT molecular complexity index is 709. The zero-order valence-electron chi connectivity index (χ0n) is 10.1. The summed E-state index contributed by atoms with van der Waals surface area (Å²) in [6.45, 7) is 0. The standard InChI is InChI=1S/C15H8Br2FNO/c16-9-5-6-11(14(18)7-9)15(20)12(8-19)10-3-1-2-4-13(10)17/h1-7,12H. The van der Waals surface area contributed by atoms with Crippen molar-refractivity contribution < 1.29 is 9.18 Å². The highest BCUT2D eigenvalue weighted by Gasteiger charge is 2.25. The lowest BCUT2D eigenvalue weighted by Gasteiger charge is -2.11. The lowest BCUT2D eigenvalue weighted by atomic mass is 9.91. The lowest BCUT2D eigenvalue weighted by molar-refractivity contribution is 0.0974. The second-order valence-corrected chi connectivity index (χ2v) is 5.84. The molecular weight excluding hydrogens is 389 g/mol. The zero-order chi connectivity index (χ0) is 14.7. The molecule has 0 heterocycles. The Kier molecular flexibility index (Phi) is 4.69. The fourth-order valence-corrected chi connectivity index (χ4v) is 2.67. The summed E-state index contributed by atoms with van der Waals surface area (Å²) in [5.41, 5.74) is 0.442. The van der Waals surface area contributed by atoms with Gasteiger partial charge in [0, 0.05) is 8.95 Å². The number of Topliss-reactive ketones (excluding diaryl/α,β-unsaturated/α-hetero) is 1. The van der Waals surface area contributed by atoms with Crippen molar-refractivity contribution >= 4 is 37.6 Å². The van der Waals surface area contributed by atoms with Gasteiger partial charge in [0.1, 0.15) is 11.7 Å². The van der Waals surface area contributed by atoms with Gasteiger partial charge in [-0.25, -0.2) is 4.39 Å². The normalized spacial score (nSPS) is 11.7. The van der Waals surface area contributed by atoms with Crippen LogP contribution in [0.25, 0.3) is 0 Å². The zero-order valence-corrected chi connectivity index (χ0v) is 13.3. The third kappa shape index (κ3) is 2.97. The Balaban J connectivity index is 2.45. The summed E-state index contributed by atoms with van der Waals surface area (Å²) in [5, 5.41) is 9.26. The van der Waals surface area contributed by atoms with E-state index in [1.165, 1.54) is 12.1 Å². The van der Waals surface area contributed by atoms with Gasteiger partial charge in [-0.2, -0.15) is 5.26 Å². The summed E-state index contributed by atoms with van der Waals surface area (Å²) in [4.78, 5) is 12.4. The van der Waals surface area contributed by atoms with E-state index in [0.717, 1.165) is 0 Å². The topological polar surface area (TPSA) is 40.9 Å². The van der Waals surface area contributed by atoms with Crippen LogP contribution in [0, 0.1) is 17.1 Å². The summed E-state index contributed by atoms with van der Waals surface area (Å²) in [6.07, 6.45) is 0. The molecule has 0 aliphatic rings. The minimum absolute atomic E-state index is 0.0875. The van der Waals surface area contributed by atoms with Crippen molar-refractivity contribution in [1.29, 1.82) is 5.26 Å². The lowest BCUT2D eigenvalue weighted by Crippen LogP contribution is -2.13. The molecule has 0 fully saturated rings. The number of halogens is 3. The number of nitriles is 1. The molecule has 0 spiro atoms. The number of nitrogens with zero attached hydrogens (tertiary/aromatic N) is 1. The van der Waals surface area contributed by atoms with Gasteiger partial charge in [-0.15, -0.1) is 0 Å². The van der Waals surface area contributed by atoms with Crippen LogP contribution in [-0.2, 0) is 0 Å². The fourth-order valence-electron chi connectivity index (χ4n) is 1.82. The van der Waals surface area contributed by atoms with E-state index >= 15 is 0 Å². The predicted octanol–water partition coefficient (Wildman–Crippen LogP) is 4.84. The van der Waals surface area contributed by atoms with Gasteiger partial charge in [0.2, 0.25) is 0 Å². The molecule has 100 valence electrons. The van der Waals surface area contributed by atoms with Crippen molar-refractivity contribution in [3.63, 3.8) is 0 Å². The molecule has 0 N–H and O–H groups in total. The van der Waals surface area contributed by atoms with E-state index in [4.69, 9.17) is 0 Å². The molecule has 20 heavy (non-hydrogen) atoms. The number of carbonyl (C=O) groups is 1. The molecule has 2 nitrogen and oxygen atoms in total. The molecule has 0 aliphatic heterocycles. The highest BCUT2D eigenvalue weighted by Crippen LogP contribution is 2.28. The van der Waals surface area contributed by atoms with E-state index in [1.54, 1.807) is 30.3 Å². The van der Waals surface area contributed by atoms with E-state index < -0.39 is 17.5 Å². The third-order valence-electron chi connectivity index (χ3n) is 2.80. The number of hydrogen-bond donors (Lipinski definition) is 0. The fraction of sp³-hybridized carbons (Fsp3) is 0.0667. The van der Waals surface area contributed by atoms with Crippen molar-refractivity contribution in [2.75, 3.05) is 0 Å². The highest BCUT2D eigenvalue weighted by molar-refractivity contribution is 9.10. The van der Waals surface area contributed by atoms with Crippen LogP contribution in [-0.4, -0.2) is 5.78 Å². The molecule has 1 atom stereocenters. The van der Waals surface area contributed by atoms with Gasteiger partial charge in [-0.3, -0.25) is 4.79 Å². The number of ketones is 1. The van der Waals surface area contributed by atoms with Crippen LogP contribution < -0.4 is 0 Å². The van der Waals surface area contributed by atoms with Crippen LogP contribution in [0.2, 0.25) is 0 Å². The maximum Gasteiger partial charge on any atom is 0.187 e. The first-order valence-electron chi connectivity index (χ1n) is 5.68. The summed E-state index contributed by atoms with van der Waals surface area (Å²) >= 11 is 6.44. The van der Waals surface area contributed by atoms with Crippen LogP contribution in [0.5, 0.6) is 0 Å². The summed E-state index contributed by atoms with van der Waals surface area (Å²) in [7, 11) is 0. The van der Waals surface area contributed by atoms with Crippen molar-refractivity contribution in [2.24, 2.45) is 0 Å². The Morgan fingerprint density at radius 3 is 2.50 bits per heavy atom. The number of carbonyl (C=O) groups excluding carboxylic acids is 1. The molecule has 2 aromatic carbocycles. The monoisotopic (exact) mass is 395 g/mol. The maximum absolute atomic E-state index is 13.8. The average Bonchev–Trinajstić information content (AvgIpc) is 2.41. The number of hydrogen-bond acceptors (Lipinski definition) is 2. The molecular formula is C15H8Br2FNO. The van der Waals surface area contributed by atoms with E-state index in [0.29, 0.717) is 14.5 Å². The van der Waals surface area contributed by atoms with Gasteiger partial charge in [0.15, 0.2) is 5.78 Å². The molecule has 0 aliphatic carbocycles. The summed E-state index contributed by atoms with van der Waals surface area (Å²) in [6, 6.07) is 13.0. The molecule has 0 bridgehead atoms. The Morgan fingerprint density at radius 2 is 1.90 bits per heavy atom. The molecule has 1 unspecified atom stereocenters. The van der Waals surface area contributed by atoms with Gasteiger partial charge in [-0.05, 0) is 29.8 Å². The molecule has 0 radical (unpaired) electrons. The van der Waals surface area contributed by atoms with Crippen LogP contribution in [0.4, 0.5) is 4.39 Å². The van der Waals surface area contributed by atoms with Crippen LogP contribution in [0.1, 0.15) is 21.8 Å². The minimum atomic E-state index is -1.04. The van der Waals surface area contributed by atoms with Gasteiger partial charge in [0.05, 0.1) is 11.6 Å². The van der Waals surface area contributed by atoms with Crippen molar-refractivity contribution in [3.05, 3.63) is 68.4 Å². The van der Waals surface area contributed by atoms with Crippen LogP contribution >= 0.6 is 31.9 Å². The molecule has 0 aromatic heterocycles. The Hall–Kier alpha value is -1.51. The molecule has 2 aromatic rings. The van der Waals surface area contributed by atoms with Crippen molar-refractivity contribution in [2.45, 2.75) is 5.92 Å². The molecule has 0 saturated carbocycles. The molecule has 0 amide bonds. The van der Waals surface area contributed by atoms with E-state index in [9.17, 15) is 14.4 Å². The van der Waals surface area contributed by atoms with Crippen LogP contribution in [0.3, 0.4) is 0 Å². The smallest absolute Gasteiger partial charge is 0.187 e. The van der Waals surface area contributed by atoms with E-state index in [2.05, 4.69) is 31.9 Å². The summed E-state index contributed by atoms with van der Waals surface area (Å²) < 4.78 is 15.0. The maximum atomic E-state index is 13.8. The Labute approximate surface area is 132 Å². The van der Waals surface area contributed by atoms with E-state index in [1.807, 2.05) is 6.07 Å².